The average molecular weight is 464 g/mol. The number of benzene rings is 4. The fourth-order valence-corrected chi connectivity index (χ4v) is 3.77. The molecule has 0 saturated carbocycles. The van der Waals surface area contributed by atoms with Gasteiger partial charge in [0.05, 0.1) is 11.1 Å². The van der Waals surface area contributed by atoms with Crippen LogP contribution >= 0.6 is 0 Å². The maximum Gasteiger partial charge on any atom is 0.419 e. The maximum absolute atomic E-state index is 15.1. The third kappa shape index (κ3) is 5.12. The number of alkyl halides is 3. The molecule has 0 aliphatic rings. The van der Waals surface area contributed by atoms with Crippen molar-refractivity contribution < 1.29 is 22.0 Å². The lowest BCUT2D eigenvalue weighted by atomic mass is 9.98. The Morgan fingerprint density at radius 1 is 0.765 bits per heavy atom. The summed E-state index contributed by atoms with van der Waals surface area (Å²) in [6, 6.07) is 19.4. The second-order valence-corrected chi connectivity index (χ2v) is 8.11. The molecule has 0 radical (unpaired) electrons. The summed E-state index contributed by atoms with van der Waals surface area (Å²) in [5, 5.41) is 1.09. The molecule has 0 nitrogen and oxygen atoms in total. The summed E-state index contributed by atoms with van der Waals surface area (Å²) in [4.78, 5) is 0. The highest BCUT2D eigenvalue weighted by molar-refractivity contribution is 5.89. The Balaban J connectivity index is 1.60. The summed E-state index contributed by atoms with van der Waals surface area (Å²) in [7, 11) is 0. The fourth-order valence-electron chi connectivity index (χ4n) is 3.77. The van der Waals surface area contributed by atoms with E-state index in [1.165, 1.54) is 11.6 Å². The molecule has 0 unspecified atom stereocenters. The summed E-state index contributed by atoms with van der Waals surface area (Å²) in [6.45, 7) is 2.16. The van der Waals surface area contributed by atoms with Gasteiger partial charge in [0.25, 0.3) is 0 Å². The van der Waals surface area contributed by atoms with E-state index in [4.69, 9.17) is 0 Å². The van der Waals surface area contributed by atoms with Gasteiger partial charge < -0.3 is 0 Å². The molecule has 0 N–H and O–H groups in total. The van der Waals surface area contributed by atoms with Crippen molar-refractivity contribution in [2.24, 2.45) is 0 Å². The zero-order valence-electron chi connectivity index (χ0n) is 18.4. The van der Waals surface area contributed by atoms with Crippen LogP contribution in [0.25, 0.3) is 21.9 Å². The Morgan fingerprint density at radius 3 is 2.18 bits per heavy atom. The lowest BCUT2D eigenvalue weighted by Gasteiger charge is -2.08. The predicted molar refractivity (Wildman–Crippen MR) is 125 cm³/mol. The van der Waals surface area contributed by atoms with E-state index in [2.05, 4.69) is 43.0 Å². The molecule has 34 heavy (non-hydrogen) atoms. The predicted octanol–water partition coefficient (Wildman–Crippen LogP) is 8.55. The van der Waals surface area contributed by atoms with Gasteiger partial charge in [-0.15, -0.1) is 0 Å². The van der Waals surface area contributed by atoms with Crippen LogP contribution in [0.5, 0.6) is 0 Å². The van der Waals surface area contributed by atoms with E-state index in [1.807, 2.05) is 12.1 Å². The van der Waals surface area contributed by atoms with Gasteiger partial charge in [-0.25, -0.2) is 8.78 Å². The lowest BCUT2D eigenvalue weighted by molar-refractivity contribution is -0.140. The second-order valence-electron chi connectivity index (χ2n) is 8.11. The number of hydrogen-bond donors (Lipinski definition) is 0. The summed E-state index contributed by atoms with van der Waals surface area (Å²) < 4.78 is 66.9. The normalized spacial score (nSPS) is 11.4. The van der Waals surface area contributed by atoms with Crippen LogP contribution in [-0.2, 0) is 12.6 Å². The molecule has 0 heterocycles. The Bertz CT molecular complexity index is 1390. The molecule has 0 atom stereocenters. The van der Waals surface area contributed by atoms with Crippen molar-refractivity contribution in [2.45, 2.75) is 32.4 Å². The van der Waals surface area contributed by atoms with Gasteiger partial charge in [0.15, 0.2) is 0 Å². The lowest BCUT2D eigenvalue weighted by Crippen LogP contribution is -2.07. The molecule has 4 aromatic rings. The Labute approximate surface area is 195 Å². The van der Waals surface area contributed by atoms with E-state index in [-0.39, 0.29) is 11.1 Å². The van der Waals surface area contributed by atoms with Crippen LogP contribution in [0.15, 0.2) is 72.8 Å². The maximum atomic E-state index is 15.1. The smallest absolute Gasteiger partial charge is 0.206 e. The Hall–Kier alpha value is -3.65. The van der Waals surface area contributed by atoms with E-state index in [0.29, 0.717) is 22.9 Å². The van der Waals surface area contributed by atoms with Crippen LogP contribution in [0.3, 0.4) is 0 Å². The highest BCUT2D eigenvalue weighted by Gasteiger charge is 2.33. The number of halogens is 5. The number of rotatable bonds is 4. The quantitative estimate of drug-likeness (QED) is 0.210. The number of hydrogen-bond acceptors (Lipinski definition) is 0. The minimum atomic E-state index is -4.78. The molecular formula is C29H21F5. The van der Waals surface area contributed by atoms with E-state index < -0.39 is 23.4 Å². The van der Waals surface area contributed by atoms with E-state index in [1.54, 1.807) is 12.1 Å². The van der Waals surface area contributed by atoms with Gasteiger partial charge in [0.2, 0.25) is 0 Å². The number of aryl methyl sites for hydroxylation is 1. The summed E-state index contributed by atoms with van der Waals surface area (Å²) in [5.41, 5.74) is 2.04. The molecule has 0 aliphatic carbocycles. The average Bonchev–Trinajstić information content (AvgIpc) is 2.81. The van der Waals surface area contributed by atoms with E-state index in [9.17, 15) is 17.6 Å². The Morgan fingerprint density at radius 2 is 1.50 bits per heavy atom. The van der Waals surface area contributed by atoms with Gasteiger partial charge in [-0.3, -0.25) is 0 Å². The van der Waals surface area contributed by atoms with Crippen LogP contribution in [0.4, 0.5) is 22.0 Å². The molecule has 4 aromatic carbocycles. The number of unbranched alkanes of at least 4 members (excludes halogenated alkanes) is 1. The highest BCUT2D eigenvalue weighted by atomic mass is 19.4. The van der Waals surface area contributed by atoms with Gasteiger partial charge in [0.1, 0.15) is 11.6 Å². The molecule has 0 spiro atoms. The van der Waals surface area contributed by atoms with Crippen LogP contribution in [0.2, 0.25) is 0 Å². The van der Waals surface area contributed by atoms with Crippen LogP contribution in [-0.4, -0.2) is 0 Å². The van der Waals surface area contributed by atoms with Gasteiger partial charge in [-0.05, 0) is 65.3 Å². The molecule has 0 aromatic heterocycles. The van der Waals surface area contributed by atoms with Gasteiger partial charge in [-0.1, -0.05) is 67.6 Å². The van der Waals surface area contributed by atoms with Crippen molar-refractivity contribution >= 4 is 10.8 Å². The molecule has 0 saturated heterocycles. The first-order valence-corrected chi connectivity index (χ1v) is 11.0. The molecule has 0 aliphatic heterocycles. The number of fused-ring (bicyclic) bond motifs is 1. The third-order valence-electron chi connectivity index (χ3n) is 5.68. The van der Waals surface area contributed by atoms with Crippen LogP contribution in [0.1, 0.15) is 42.0 Å². The first-order chi connectivity index (χ1) is 16.3. The van der Waals surface area contributed by atoms with Crippen molar-refractivity contribution in [3.05, 3.63) is 107 Å². The molecule has 5 heteroatoms. The largest absolute Gasteiger partial charge is 0.419 e. The van der Waals surface area contributed by atoms with Crippen molar-refractivity contribution in [2.75, 3.05) is 0 Å². The van der Waals surface area contributed by atoms with Crippen LogP contribution < -0.4 is 0 Å². The second kappa shape index (κ2) is 9.69. The van der Waals surface area contributed by atoms with Crippen LogP contribution in [0, 0.1) is 23.5 Å². The first-order valence-electron chi connectivity index (χ1n) is 11.0. The molecule has 4 rings (SSSR count). The SMILES string of the molecule is CCCCc1ccc(-c2ccc3c(F)c(C#Cc4ccc(C(F)(F)F)c(F)c4)ccc3c2)cc1. The molecular weight excluding hydrogens is 443 g/mol. The standard InChI is InChI=1S/C29H21F5/c1-2-3-4-19-5-9-21(10-6-19)23-14-15-25-24(18-23)13-12-22(28(25)31)11-7-20-8-16-26(27(30)17-20)29(32,33)34/h5-6,8-10,12-18H,2-4H2,1H3. The molecule has 0 amide bonds. The van der Waals surface area contributed by atoms with Crippen molar-refractivity contribution in [1.82, 2.24) is 0 Å². The first kappa shape index (κ1) is 23.5. The molecule has 172 valence electrons. The van der Waals surface area contributed by atoms with Crippen molar-refractivity contribution in [1.29, 1.82) is 0 Å². The fraction of sp³-hybridized carbons (Fsp3) is 0.172. The van der Waals surface area contributed by atoms with Crippen molar-refractivity contribution in [3.8, 4) is 23.0 Å². The topological polar surface area (TPSA) is 0 Å². The zero-order valence-corrected chi connectivity index (χ0v) is 18.4. The monoisotopic (exact) mass is 464 g/mol. The molecule has 0 fully saturated rings. The van der Waals surface area contributed by atoms with Crippen molar-refractivity contribution in [3.63, 3.8) is 0 Å². The molecule has 0 bridgehead atoms. The highest BCUT2D eigenvalue weighted by Crippen LogP contribution is 2.32. The van der Waals surface area contributed by atoms with E-state index >= 15 is 4.39 Å². The summed E-state index contributed by atoms with van der Waals surface area (Å²) in [6.07, 6.45) is -1.45. The van der Waals surface area contributed by atoms with Gasteiger partial charge in [0, 0.05) is 10.9 Å². The zero-order chi connectivity index (χ0) is 24.3. The minimum absolute atomic E-state index is 0.0303. The third-order valence-corrected chi connectivity index (χ3v) is 5.68. The Kier molecular flexibility index (Phi) is 6.70. The summed E-state index contributed by atoms with van der Waals surface area (Å²) >= 11 is 0. The van der Waals surface area contributed by atoms with E-state index in [0.717, 1.165) is 36.5 Å². The van der Waals surface area contributed by atoms with Gasteiger partial charge in [-0.2, -0.15) is 13.2 Å². The minimum Gasteiger partial charge on any atom is -0.206 e. The summed E-state index contributed by atoms with van der Waals surface area (Å²) in [5.74, 6) is 3.21. The van der Waals surface area contributed by atoms with Gasteiger partial charge >= 0.3 is 6.18 Å².